The van der Waals surface area contributed by atoms with E-state index in [0.717, 1.165) is 15.0 Å². The van der Waals surface area contributed by atoms with Crippen LogP contribution in [0.25, 0.3) is 0 Å². The van der Waals surface area contributed by atoms with E-state index >= 15 is 0 Å². The highest BCUT2D eigenvalue weighted by Gasteiger charge is 2.27. The number of aromatic nitrogens is 2. The number of imidazole rings is 1. The van der Waals surface area contributed by atoms with Gasteiger partial charge in [0.05, 0.1) is 0 Å². The molecule has 54 valence electrons. The Bertz CT molecular complexity index is 233. The van der Waals surface area contributed by atoms with Crippen LogP contribution in [-0.4, -0.2) is 9.97 Å². The highest BCUT2D eigenvalue weighted by atomic mass is 79.9. The van der Waals surface area contributed by atoms with Gasteiger partial charge in [-0.3, -0.25) is 0 Å². The number of rotatable bonds is 1. The zero-order chi connectivity index (χ0) is 7.14. The fourth-order valence-corrected chi connectivity index (χ4v) is 1.48. The lowest BCUT2D eigenvalue weighted by molar-refractivity contribution is 0.969. The molecular weight excluding hydrogens is 260 g/mol. The smallest absolute Gasteiger partial charge is 0.138 e. The Labute approximate surface area is 75.7 Å². The van der Waals surface area contributed by atoms with Crippen LogP contribution in [-0.2, 0) is 0 Å². The molecule has 0 atom stereocenters. The second-order valence-corrected chi connectivity index (χ2v) is 4.05. The molecule has 1 heterocycles. The standard InChI is InChI=1S/C6H6Br2N2/c7-4-5(8)10-6(9-4)3-1-2-3/h3H,1-2H2,(H,9,10). The zero-order valence-corrected chi connectivity index (χ0v) is 8.37. The molecule has 0 spiro atoms. The topological polar surface area (TPSA) is 28.7 Å². The first-order valence-corrected chi connectivity index (χ1v) is 4.77. The van der Waals surface area contributed by atoms with Gasteiger partial charge in [0.1, 0.15) is 15.0 Å². The number of nitrogens with zero attached hydrogens (tertiary/aromatic N) is 1. The van der Waals surface area contributed by atoms with Gasteiger partial charge in [0, 0.05) is 5.92 Å². The van der Waals surface area contributed by atoms with Gasteiger partial charge in [-0.2, -0.15) is 0 Å². The van der Waals surface area contributed by atoms with Crippen molar-refractivity contribution < 1.29 is 0 Å². The molecule has 10 heavy (non-hydrogen) atoms. The fourth-order valence-electron chi connectivity index (χ4n) is 0.897. The van der Waals surface area contributed by atoms with Crippen molar-refractivity contribution in [1.82, 2.24) is 9.97 Å². The third kappa shape index (κ3) is 1.14. The number of halogens is 2. The molecule has 4 heteroatoms. The van der Waals surface area contributed by atoms with Crippen molar-refractivity contribution in [1.29, 1.82) is 0 Å². The lowest BCUT2D eigenvalue weighted by Crippen LogP contribution is -1.79. The van der Waals surface area contributed by atoms with Gasteiger partial charge in [-0.1, -0.05) is 0 Å². The summed E-state index contributed by atoms with van der Waals surface area (Å²) < 4.78 is 1.84. The van der Waals surface area contributed by atoms with Crippen molar-refractivity contribution in [3.63, 3.8) is 0 Å². The molecule has 1 aromatic heterocycles. The van der Waals surface area contributed by atoms with Gasteiger partial charge in [-0.15, -0.1) is 0 Å². The average molecular weight is 266 g/mol. The molecule has 0 bridgehead atoms. The van der Waals surface area contributed by atoms with Gasteiger partial charge in [0.15, 0.2) is 0 Å². The molecule has 0 saturated heterocycles. The molecule has 1 aliphatic carbocycles. The van der Waals surface area contributed by atoms with Crippen LogP contribution in [0.15, 0.2) is 9.21 Å². The third-order valence-corrected chi connectivity index (χ3v) is 3.28. The van der Waals surface area contributed by atoms with Crippen LogP contribution in [0.2, 0.25) is 0 Å². The summed E-state index contributed by atoms with van der Waals surface area (Å²) in [4.78, 5) is 7.45. The summed E-state index contributed by atoms with van der Waals surface area (Å²) in [5.74, 6) is 1.81. The first-order chi connectivity index (χ1) is 4.77. The Hall–Kier alpha value is 0.170. The number of aromatic amines is 1. The van der Waals surface area contributed by atoms with Crippen molar-refractivity contribution in [2.24, 2.45) is 0 Å². The summed E-state index contributed by atoms with van der Waals surface area (Å²) in [6.45, 7) is 0. The van der Waals surface area contributed by atoms with Gasteiger partial charge in [-0.05, 0) is 44.7 Å². The van der Waals surface area contributed by atoms with Crippen LogP contribution < -0.4 is 0 Å². The predicted octanol–water partition coefficient (Wildman–Crippen LogP) is 2.81. The van der Waals surface area contributed by atoms with E-state index in [-0.39, 0.29) is 0 Å². The Kier molecular flexibility index (Phi) is 1.60. The van der Waals surface area contributed by atoms with Crippen LogP contribution in [0.5, 0.6) is 0 Å². The Balaban J connectivity index is 2.34. The number of hydrogen-bond donors (Lipinski definition) is 1. The van der Waals surface area contributed by atoms with E-state index in [1.807, 2.05) is 0 Å². The quantitative estimate of drug-likeness (QED) is 0.831. The van der Waals surface area contributed by atoms with E-state index < -0.39 is 0 Å². The van der Waals surface area contributed by atoms with E-state index in [1.165, 1.54) is 12.8 Å². The van der Waals surface area contributed by atoms with Crippen LogP contribution >= 0.6 is 31.9 Å². The van der Waals surface area contributed by atoms with Crippen LogP contribution in [0.3, 0.4) is 0 Å². The molecule has 1 fully saturated rings. The first-order valence-electron chi connectivity index (χ1n) is 3.18. The van der Waals surface area contributed by atoms with E-state index in [1.54, 1.807) is 0 Å². The fraction of sp³-hybridized carbons (Fsp3) is 0.500. The molecule has 2 rings (SSSR count). The average Bonchev–Trinajstić information content (AvgIpc) is 2.64. The van der Waals surface area contributed by atoms with E-state index in [2.05, 4.69) is 41.8 Å². The van der Waals surface area contributed by atoms with Crippen molar-refractivity contribution >= 4 is 31.9 Å². The SMILES string of the molecule is Brc1nc(C2CC2)[nH]c1Br. The largest absolute Gasteiger partial charge is 0.336 e. The van der Waals surface area contributed by atoms with E-state index in [9.17, 15) is 0 Å². The normalized spacial score (nSPS) is 17.8. The Morgan fingerprint density at radius 2 is 2.10 bits per heavy atom. The maximum absolute atomic E-state index is 4.29. The monoisotopic (exact) mass is 264 g/mol. The molecule has 2 nitrogen and oxygen atoms in total. The molecule has 1 saturated carbocycles. The van der Waals surface area contributed by atoms with Crippen molar-refractivity contribution in [3.8, 4) is 0 Å². The van der Waals surface area contributed by atoms with E-state index in [0.29, 0.717) is 5.92 Å². The lowest BCUT2D eigenvalue weighted by Gasteiger charge is -1.84. The van der Waals surface area contributed by atoms with Gasteiger partial charge in [0.25, 0.3) is 0 Å². The molecule has 1 aromatic rings. The molecule has 0 aromatic carbocycles. The molecule has 0 amide bonds. The maximum atomic E-state index is 4.29. The summed E-state index contributed by atoms with van der Waals surface area (Å²) in [6, 6.07) is 0. The minimum Gasteiger partial charge on any atom is -0.336 e. The van der Waals surface area contributed by atoms with Gasteiger partial charge < -0.3 is 4.98 Å². The van der Waals surface area contributed by atoms with Gasteiger partial charge in [0.2, 0.25) is 0 Å². The highest BCUT2D eigenvalue weighted by Crippen LogP contribution is 2.39. The van der Waals surface area contributed by atoms with E-state index in [4.69, 9.17) is 0 Å². The minimum atomic E-state index is 0.697. The lowest BCUT2D eigenvalue weighted by atomic mass is 10.4. The Morgan fingerprint density at radius 1 is 1.40 bits per heavy atom. The Morgan fingerprint density at radius 3 is 2.50 bits per heavy atom. The van der Waals surface area contributed by atoms with Crippen LogP contribution in [0.1, 0.15) is 24.6 Å². The zero-order valence-electron chi connectivity index (χ0n) is 5.19. The summed E-state index contributed by atoms with van der Waals surface area (Å²) in [7, 11) is 0. The van der Waals surface area contributed by atoms with Gasteiger partial charge >= 0.3 is 0 Å². The summed E-state index contributed by atoms with van der Waals surface area (Å²) in [5, 5.41) is 0. The molecule has 0 radical (unpaired) electrons. The molecule has 0 unspecified atom stereocenters. The van der Waals surface area contributed by atoms with Crippen molar-refractivity contribution in [3.05, 3.63) is 15.0 Å². The maximum Gasteiger partial charge on any atom is 0.138 e. The highest BCUT2D eigenvalue weighted by molar-refractivity contribution is 9.13. The minimum absolute atomic E-state index is 0.697. The summed E-state index contributed by atoms with van der Waals surface area (Å²) in [5.41, 5.74) is 0. The van der Waals surface area contributed by atoms with Crippen molar-refractivity contribution in [2.75, 3.05) is 0 Å². The number of H-pyrrole nitrogens is 1. The van der Waals surface area contributed by atoms with Crippen LogP contribution in [0, 0.1) is 0 Å². The first kappa shape index (κ1) is 6.85. The van der Waals surface area contributed by atoms with Gasteiger partial charge in [-0.25, -0.2) is 4.98 Å². The second kappa shape index (κ2) is 2.34. The summed E-state index contributed by atoms with van der Waals surface area (Å²) in [6.07, 6.45) is 2.57. The van der Waals surface area contributed by atoms with Crippen LogP contribution in [0.4, 0.5) is 0 Å². The predicted molar refractivity (Wildman–Crippen MR) is 46.0 cm³/mol. The molecule has 1 N–H and O–H groups in total. The molecule has 1 aliphatic rings. The molecule has 0 aliphatic heterocycles. The second-order valence-electron chi connectivity index (χ2n) is 2.50. The third-order valence-electron chi connectivity index (χ3n) is 1.60. The number of hydrogen-bond acceptors (Lipinski definition) is 1. The van der Waals surface area contributed by atoms with Crippen molar-refractivity contribution in [2.45, 2.75) is 18.8 Å². The summed E-state index contributed by atoms with van der Waals surface area (Å²) >= 11 is 6.67. The molecular formula is C6H6Br2N2. The number of nitrogens with one attached hydrogen (secondary N) is 1.